The van der Waals surface area contributed by atoms with Crippen molar-refractivity contribution in [3.8, 4) is 0 Å². The molecule has 3 N–H and O–H groups in total. The molecule has 0 radical (unpaired) electrons. The van der Waals surface area contributed by atoms with Crippen LogP contribution < -0.4 is 11.1 Å². The van der Waals surface area contributed by atoms with Crippen molar-refractivity contribution in [1.29, 1.82) is 0 Å². The molecule has 2 rings (SSSR count). The lowest BCUT2D eigenvalue weighted by Crippen LogP contribution is -2.05. The third kappa shape index (κ3) is 2.96. The fraction of sp³-hybridized carbons (Fsp3) is 0.214. The van der Waals surface area contributed by atoms with Crippen molar-refractivity contribution >= 4 is 34.0 Å². The van der Waals surface area contributed by atoms with E-state index in [0.29, 0.717) is 0 Å². The minimum atomic E-state index is 0.720. The average molecular weight is 259 g/mol. The van der Waals surface area contributed by atoms with Crippen LogP contribution in [-0.2, 0) is 0 Å². The highest BCUT2D eigenvalue weighted by Crippen LogP contribution is 2.25. The van der Waals surface area contributed by atoms with Crippen LogP contribution in [0.5, 0.6) is 0 Å². The van der Waals surface area contributed by atoms with Crippen LogP contribution in [-0.4, -0.2) is 23.0 Å². The first kappa shape index (κ1) is 12.8. The molecule has 0 aliphatic heterocycles. The van der Waals surface area contributed by atoms with E-state index in [4.69, 9.17) is 5.73 Å². The zero-order valence-electron chi connectivity index (χ0n) is 10.2. The molecule has 1 aromatic heterocycles. The number of anilines is 2. The van der Waals surface area contributed by atoms with E-state index in [0.717, 1.165) is 40.3 Å². The van der Waals surface area contributed by atoms with Gasteiger partial charge in [0, 0.05) is 35.3 Å². The number of hydrogen-bond acceptors (Lipinski definition) is 4. The molecular formula is C14H17N3S. The van der Waals surface area contributed by atoms with Crippen molar-refractivity contribution in [2.45, 2.75) is 0 Å². The van der Waals surface area contributed by atoms with Crippen molar-refractivity contribution in [3.63, 3.8) is 0 Å². The van der Waals surface area contributed by atoms with Gasteiger partial charge in [-0.1, -0.05) is 18.2 Å². The number of thioether (sulfide) groups is 1. The van der Waals surface area contributed by atoms with Gasteiger partial charge in [-0.2, -0.15) is 11.8 Å². The molecule has 0 atom stereocenters. The van der Waals surface area contributed by atoms with Crippen molar-refractivity contribution in [3.05, 3.63) is 43.1 Å². The number of pyridine rings is 1. The number of aromatic nitrogens is 1. The maximum Gasteiger partial charge on any atom is 0.0951 e. The quantitative estimate of drug-likeness (QED) is 0.475. The Morgan fingerprint density at radius 3 is 3.11 bits per heavy atom. The number of hydrogen-bond donors (Lipinski definition) is 2. The van der Waals surface area contributed by atoms with Crippen LogP contribution in [0.4, 0.5) is 11.4 Å². The Morgan fingerprint density at radius 2 is 2.28 bits per heavy atom. The number of rotatable bonds is 6. The van der Waals surface area contributed by atoms with Crippen LogP contribution in [0.2, 0.25) is 0 Å². The fourth-order valence-corrected chi connectivity index (χ4v) is 2.36. The number of nitrogens with zero attached hydrogens (tertiary/aromatic N) is 1. The number of nitrogens with two attached hydrogens (primary N) is 1. The van der Waals surface area contributed by atoms with Crippen LogP contribution in [0.15, 0.2) is 43.1 Å². The van der Waals surface area contributed by atoms with E-state index in [-0.39, 0.29) is 0 Å². The molecule has 0 aliphatic carbocycles. The van der Waals surface area contributed by atoms with Crippen molar-refractivity contribution in [1.82, 2.24) is 4.98 Å². The molecule has 0 aliphatic rings. The Morgan fingerprint density at radius 1 is 1.39 bits per heavy atom. The van der Waals surface area contributed by atoms with E-state index in [2.05, 4.69) is 16.9 Å². The topological polar surface area (TPSA) is 50.9 Å². The molecule has 4 heteroatoms. The van der Waals surface area contributed by atoms with Gasteiger partial charge in [0.2, 0.25) is 0 Å². The summed E-state index contributed by atoms with van der Waals surface area (Å²) < 4.78 is 0. The van der Waals surface area contributed by atoms with Gasteiger partial charge in [0.15, 0.2) is 0 Å². The first-order valence-electron chi connectivity index (χ1n) is 5.88. The molecule has 1 heterocycles. The fourth-order valence-electron chi connectivity index (χ4n) is 1.78. The normalized spacial score (nSPS) is 10.4. The van der Waals surface area contributed by atoms with Crippen molar-refractivity contribution < 1.29 is 0 Å². The lowest BCUT2D eigenvalue weighted by molar-refractivity contribution is 1.23. The second-order valence-corrected chi connectivity index (χ2v) is 5.04. The summed E-state index contributed by atoms with van der Waals surface area (Å²) in [5.74, 6) is 2.05. The number of benzene rings is 1. The van der Waals surface area contributed by atoms with Crippen LogP contribution in [0.25, 0.3) is 10.9 Å². The average Bonchev–Trinajstić information content (AvgIpc) is 2.39. The molecule has 0 amide bonds. The van der Waals surface area contributed by atoms with Gasteiger partial charge in [-0.05, 0) is 12.1 Å². The van der Waals surface area contributed by atoms with E-state index in [1.54, 1.807) is 6.20 Å². The summed E-state index contributed by atoms with van der Waals surface area (Å²) in [6, 6.07) is 7.86. The summed E-state index contributed by atoms with van der Waals surface area (Å²) in [6.07, 6.45) is 3.71. The summed E-state index contributed by atoms with van der Waals surface area (Å²) in [5, 5.41) is 4.50. The van der Waals surface area contributed by atoms with Gasteiger partial charge in [-0.3, -0.25) is 4.98 Å². The molecule has 0 fully saturated rings. The van der Waals surface area contributed by atoms with Gasteiger partial charge in [-0.25, -0.2) is 0 Å². The number of nitrogen functional groups attached to an aromatic ring is 1. The van der Waals surface area contributed by atoms with Gasteiger partial charge in [0.1, 0.15) is 0 Å². The smallest absolute Gasteiger partial charge is 0.0951 e. The zero-order chi connectivity index (χ0) is 12.8. The second kappa shape index (κ2) is 6.31. The summed E-state index contributed by atoms with van der Waals surface area (Å²) in [7, 11) is 0. The molecule has 0 spiro atoms. The number of fused-ring (bicyclic) bond motifs is 1. The lowest BCUT2D eigenvalue weighted by atomic mass is 10.1. The maximum atomic E-state index is 5.91. The van der Waals surface area contributed by atoms with E-state index < -0.39 is 0 Å². The first-order chi connectivity index (χ1) is 8.83. The maximum absolute atomic E-state index is 5.91. The summed E-state index contributed by atoms with van der Waals surface area (Å²) >= 11 is 1.86. The van der Waals surface area contributed by atoms with E-state index in [1.165, 1.54) is 0 Å². The Balaban J connectivity index is 2.09. The molecule has 18 heavy (non-hydrogen) atoms. The van der Waals surface area contributed by atoms with Gasteiger partial charge < -0.3 is 11.1 Å². The SMILES string of the molecule is C=CCSCCNc1ccnc2c(N)cccc12. The molecule has 0 bridgehead atoms. The molecule has 1 aromatic carbocycles. The van der Waals surface area contributed by atoms with Gasteiger partial charge >= 0.3 is 0 Å². The third-order valence-corrected chi connectivity index (χ3v) is 3.56. The predicted octanol–water partition coefficient (Wildman–Crippen LogP) is 3.15. The van der Waals surface area contributed by atoms with Crippen LogP contribution in [0, 0.1) is 0 Å². The predicted molar refractivity (Wildman–Crippen MR) is 82.2 cm³/mol. The van der Waals surface area contributed by atoms with Gasteiger partial charge in [0.05, 0.1) is 11.2 Å². The first-order valence-corrected chi connectivity index (χ1v) is 7.04. The largest absolute Gasteiger partial charge is 0.397 e. The highest BCUT2D eigenvalue weighted by atomic mass is 32.2. The molecule has 0 saturated carbocycles. The highest BCUT2D eigenvalue weighted by molar-refractivity contribution is 7.99. The summed E-state index contributed by atoms with van der Waals surface area (Å²) in [4.78, 5) is 4.32. The van der Waals surface area contributed by atoms with E-state index >= 15 is 0 Å². The van der Waals surface area contributed by atoms with E-state index in [1.807, 2.05) is 42.1 Å². The zero-order valence-corrected chi connectivity index (χ0v) is 11.0. The summed E-state index contributed by atoms with van der Waals surface area (Å²) in [6.45, 7) is 4.63. The molecule has 2 aromatic rings. The molecule has 3 nitrogen and oxygen atoms in total. The minimum absolute atomic E-state index is 0.720. The van der Waals surface area contributed by atoms with Crippen molar-refractivity contribution in [2.75, 3.05) is 29.1 Å². The Labute approximate surface area is 111 Å². The summed E-state index contributed by atoms with van der Waals surface area (Å²) in [5.41, 5.74) is 8.59. The van der Waals surface area contributed by atoms with E-state index in [9.17, 15) is 0 Å². The van der Waals surface area contributed by atoms with Gasteiger partial charge in [-0.15, -0.1) is 6.58 Å². The number of nitrogens with one attached hydrogen (secondary N) is 1. The van der Waals surface area contributed by atoms with Gasteiger partial charge in [0.25, 0.3) is 0 Å². The third-order valence-electron chi connectivity index (χ3n) is 2.60. The van der Waals surface area contributed by atoms with Crippen LogP contribution in [0.1, 0.15) is 0 Å². The molecular weight excluding hydrogens is 242 g/mol. The van der Waals surface area contributed by atoms with Crippen molar-refractivity contribution in [2.24, 2.45) is 0 Å². The highest BCUT2D eigenvalue weighted by Gasteiger charge is 2.03. The molecule has 0 saturated heterocycles. The monoisotopic (exact) mass is 259 g/mol. The van der Waals surface area contributed by atoms with Crippen LogP contribution >= 0.6 is 11.8 Å². The Hall–Kier alpha value is -1.68. The lowest BCUT2D eigenvalue weighted by Gasteiger charge is -2.09. The Bertz CT molecular complexity index is 540. The molecule has 0 unspecified atom stereocenters. The van der Waals surface area contributed by atoms with Crippen LogP contribution in [0.3, 0.4) is 0 Å². The number of para-hydroxylation sites is 1. The Kier molecular flexibility index (Phi) is 4.47. The standard InChI is InChI=1S/C14H17N3S/c1-2-9-18-10-8-16-13-6-7-17-14-11(13)4-3-5-12(14)15/h2-7H,1,8-10,15H2,(H,16,17). The minimum Gasteiger partial charge on any atom is -0.397 e. The molecule has 94 valence electrons. The second-order valence-electron chi connectivity index (χ2n) is 3.89.